The van der Waals surface area contributed by atoms with Crippen molar-refractivity contribution in [1.29, 1.82) is 0 Å². The average molecular weight is 384 g/mol. The van der Waals surface area contributed by atoms with Crippen LogP contribution in [0.25, 0.3) is 0 Å². The van der Waals surface area contributed by atoms with Gasteiger partial charge in [0.25, 0.3) is 0 Å². The third kappa shape index (κ3) is 4.71. The van der Waals surface area contributed by atoms with Gasteiger partial charge in [-0.1, -0.05) is 19.8 Å². The molecule has 2 atom stereocenters. The van der Waals surface area contributed by atoms with Gasteiger partial charge in [0, 0.05) is 25.8 Å². The molecule has 1 aromatic rings. The Hall–Kier alpha value is -1.18. The van der Waals surface area contributed by atoms with Crippen LogP contribution in [0.2, 0.25) is 0 Å². The van der Waals surface area contributed by atoms with E-state index in [0.29, 0.717) is 17.1 Å². The minimum absolute atomic E-state index is 0.275. The second-order valence-corrected chi connectivity index (χ2v) is 9.73. The molecule has 2 N–H and O–H groups in total. The number of benzene rings is 1. The summed E-state index contributed by atoms with van der Waals surface area (Å²) in [5, 5.41) is 7.17. The molecule has 0 amide bonds. The number of aryl methyl sites for hydroxylation is 1. The summed E-state index contributed by atoms with van der Waals surface area (Å²) in [4.78, 5) is 0.275. The number of anilines is 1. The van der Waals surface area contributed by atoms with Gasteiger partial charge in [0.2, 0.25) is 10.0 Å². The molecule has 0 unspecified atom stereocenters. The van der Waals surface area contributed by atoms with Crippen LogP contribution in [0, 0.1) is 19.8 Å². The van der Waals surface area contributed by atoms with Crippen molar-refractivity contribution in [3.8, 4) is 0 Å². The summed E-state index contributed by atoms with van der Waals surface area (Å²) in [6.07, 6.45) is 4.84. The largest absolute Gasteiger partial charge is 0.359 e. The number of nitrogens with zero attached hydrogens (tertiary/aromatic N) is 1. The molecule has 0 spiro atoms. The van der Waals surface area contributed by atoms with E-state index in [2.05, 4.69) is 17.6 Å². The zero-order valence-electron chi connectivity index (χ0n) is 15.7. The molecule has 25 heavy (non-hydrogen) atoms. The first-order valence-corrected chi connectivity index (χ1v) is 10.6. The fraction of sp³-hybridized carbons (Fsp3) is 0.611. The Morgan fingerprint density at radius 2 is 1.84 bits per heavy atom. The van der Waals surface area contributed by atoms with Gasteiger partial charge >= 0.3 is 0 Å². The monoisotopic (exact) mass is 383 g/mol. The Kier molecular flexibility index (Phi) is 6.45. The Bertz CT molecular complexity index is 745. The molecule has 2 rings (SSSR count). The molecule has 0 aromatic heterocycles. The van der Waals surface area contributed by atoms with Gasteiger partial charge in [0.1, 0.15) is 0 Å². The van der Waals surface area contributed by atoms with E-state index in [1.165, 1.54) is 37.7 Å². The minimum atomic E-state index is -3.48. The number of nitrogens with one attached hydrogen (secondary N) is 2. The predicted octanol–water partition coefficient (Wildman–Crippen LogP) is 3.42. The summed E-state index contributed by atoms with van der Waals surface area (Å²) >= 11 is 5.48. The minimum Gasteiger partial charge on any atom is -0.359 e. The van der Waals surface area contributed by atoms with Gasteiger partial charge in [-0.3, -0.25) is 0 Å². The lowest BCUT2D eigenvalue weighted by atomic mass is 9.86. The second kappa shape index (κ2) is 8.01. The first-order valence-electron chi connectivity index (χ1n) is 8.74. The Morgan fingerprint density at radius 3 is 2.44 bits per heavy atom. The van der Waals surface area contributed by atoms with Gasteiger partial charge in [-0.2, -0.15) is 0 Å². The second-order valence-electron chi connectivity index (χ2n) is 7.17. The molecular weight excluding hydrogens is 354 g/mol. The van der Waals surface area contributed by atoms with Crippen molar-refractivity contribution in [2.24, 2.45) is 5.92 Å². The Balaban J connectivity index is 2.21. The molecule has 7 heteroatoms. The van der Waals surface area contributed by atoms with Crippen LogP contribution in [0.4, 0.5) is 5.69 Å². The highest BCUT2D eigenvalue weighted by atomic mass is 32.2. The van der Waals surface area contributed by atoms with Crippen molar-refractivity contribution in [1.82, 2.24) is 9.62 Å². The lowest BCUT2D eigenvalue weighted by Crippen LogP contribution is -2.43. The zero-order chi connectivity index (χ0) is 18.8. The van der Waals surface area contributed by atoms with Crippen molar-refractivity contribution in [2.45, 2.75) is 57.4 Å². The number of sulfonamides is 1. The molecule has 1 aromatic carbocycles. The molecule has 0 saturated heterocycles. The van der Waals surface area contributed by atoms with E-state index in [-0.39, 0.29) is 4.90 Å². The highest BCUT2D eigenvalue weighted by Crippen LogP contribution is 2.26. The fourth-order valence-corrected chi connectivity index (χ4v) is 4.45. The van der Waals surface area contributed by atoms with Crippen molar-refractivity contribution >= 4 is 33.0 Å². The molecule has 0 heterocycles. The quantitative estimate of drug-likeness (QED) is 0.780. The van der Waals surface area contributed by atoms with Crippen molar-refractivity contribution in [3.05, 3.63) is 23.3 Å². The first-order chi connectivity index (χ1) is 11.6. The highest BCUT2D eigenvalue weighted by molar-refractivity contribution is 7.89. The molecule has 1 aliphatic rings. The number of hydrogen-bond acceptors (Lipinski definition) is 3. The maximum Gasteiger partial charge on any atom is 0.242 e. The van der Waals surface area contributed by atoms with Gasteiger partial charge in [-0.05, 0) is 68.1 Å². The van der Waals surface area contributed by atoms with Crippen molar-refractivity contribution in [2.75, 3.05) is 19.4 Å². The zero-order valence-corrected chi connectivity index (χ0v) is 17.4. The van der Waals surface area contributed by atoms with Crippen LogP contribution in [0.15, 0.2) is 17.0 Å². The van der Waals surface area contributed by atoms with Crippen LogP contribution < -0.4 is 10.6 Å². The van der Waals surface area contributed by atoms with Crippen molar-refractivity contribution in [3.63, 3.8) is 0 Å². The SMILES string of the molecule is Cc1cc(S(=O)(=O)N(C)C)cc(NC(=S)N[C@@H]2CCCC[C@H]2C)c1C. The summed E-state index contributed by atoms with van der Waals surface area (Å²) in [6.45, 7) is 6.13. The Morgan fingerprint density at radius 1 is 1.20 bits per heavy atom. The molecule has 5 nitrogen and oxygen atoms in total. The molecular formula is C18H29N3O2S2. The maximum atomic E-state index is 12.4. The molecule has 1 aliphatic carbocycles. The predicted molar refractivity (Wildman–Crippen MR) is 108 cm³/mol. The third-order valence-electron chi connectivity index (χ3n) is 5.10. The standard InChI is InChI=1S/C18H29N3O2S2/c1-12-8-6-7-9-16(12)19-18(24)20-17-11-15(10-13(2)14(17)3)25(22,23)21(4)5/h10-12,16H,6-9H2,1-5H3,(H2,19,20,24)/t12-,16-/m1/s1. The van der Waals surface area contributed by atoms with Gasteiger partial charge in [0.05, 0.1) is 4.90 Å². The van der Waals surface area contributed by atoms with E-state index in [1.807, 2.05) is 13.8 Å². The molecule has 0 bridgehead atoms. The number of thiocarbonyl (C=S) groups is 1. The molecule has 1 saturated carbocycles. The summed E-state index contributed by atoms with van der Waals surface area (Å²) < 4.78 is 26.1. The molecule has 0 radical (unpaired) electrons. The summed E-state index contributed by atoms with van der Waals surface area (Å²) in [7, 11) is -0.409. The van der Waals surface area contributed by atoms with Crippen LogP contribution in [0.5, 0.6) is 0 Å². The van der Waals surface area contributed by atoms with Gasteiger partial charge in [0.15, 0.2) is 5.11 Å². The van der Waals surface area contributed by atoms with Crippen LogP contribution in [0.3, 0.4) is 0 Å². The Labute approximate surface area is 157 Å². The van der Waals surface area contributed by atoms with Gasteiger partial charge < -0.3 is 10.6 Å². The highest BCUT2D eigenvalue weighted by Gasteiger charge is 2.23. The van der Waals surface area contributed by atoms with Gasteiger partial charge in [-0.25, -0.2) is 12.7 Å². The summed E-state index contributed by atoms with van der Waals surface area (Å²) in [5.41, 5.74) is 2.65. The van der Waals surface area contributed by atoms with E-state index < -0.39 is 10.0 Å². The van der Waals surface area contributed by atoms with Crippen molar-refractivity contribution < 1.29 is 8.42 Å². The smallest absolute Gasteiger partial charge is 0.242 e. The molecule has 0 aliphatic heterocycles. The van der Waals surface area contributed by atoms with Crippen LogP contribution in [0.1, 0.15) is 43.7 Å². The molecule has 140 valence electrons. The summed E-state index contributed by atoms with van der Waals surface area (Å²) in [6, 6.07) is 3.75. The summed E-state index contributed by atoms with van der Waals surface area (Å²) in [5.74, 6) is 0.594. The van der Waals surface area contributed by atoms with E-state index in [4.69, 9.17) is 12.2 Å². The molecule has 1 fully saturated rings. The van der Waals surface area contributed by atoms with Crippen LogP contribution in [-0.4, -0.2) is 38.0 Å². The first kappa shape index (κ1) is 20.1. The van der Waals surface area contributed by atoms with Crippen LogP contribution in [-0.2, 0) is 10.0 Å². The average Bonchev–Trinajstić information content (AvgIpc) is 2.53. The van der Waals surface area contributed by atoms with E-state index in [0.717, 1.165) is 23.2 Å². The normalized spacial score (nSPS) is 21.2. The van der Waals surface area contributed by atoms with E-state index in [9.17, 15) is 8.42 Å². The fourth-order valence-electron chi connectivity index (χ4n) is 3.17. The topological polar surface area (TPSA) is 61.4 Å². The maximum absolute atomic E-state index is 12.4. The van der Waals surface area contributed by atoms with Crippen LogP contribution >= 0.6 is 12.2 Å². The number of rotatable bonds is 4. The lowest BCUT2D eigenvalue weighted by molar-refractivity contribution is 0.309. The number of hydrogen-bond donors (Lipinski definition) is 2. The van der Waals surface area contributed by atoms with E-state index >= 15 is 0 Å². The van der Waals surface area contributed by atoms with E-state index in [1.54, 1.807) is 12.1 Å². The third-order valence-corrected chi connectivity index (χ3v) is 7.11. The lowest BCUT2D eigenvalue weighted by Gasteiger charge is -2.30. The van der Waals surface area contributed by atoms with Gasteiger partial charge in [-0.15, -0.1) is 0 Å².